The van der Waals surface area contributed by atoms with Gasteiger partial charge in [-0.3, -0.25) is 29.5 Å². The Hall–Kier alpha value is -4.44. The summed E-state index contributed by atoms with van der Waals surface area (Å²) in [5.41, 5.74) is 4.26. The van der Waals surface area contributed by atoms with Crippen LogP contribution < -0.4 is 10.2 Å². The molecule has 0 spiro atoms. The second-order valence-electron chi connectivity index (χ2n) is 14.3. The molecular weight excluding hydrogens is 674 g/mol. The first kappa shape index (κ1) is 32.1. The van der Waals surface area contributed by atoms with Crippen molar-refractivity contribution in [1.29, 1.82) is 0 Å². The maximum atomic E-state index is 15.2. The van der Waals surface area contributed by atoms with Crippen molar-refractivity contribution in [2.24, 2.45) is 23.7 Å². The van der Waals surface area contributed by atoms with E-state index in [-0.39, 0.29) is 29.7 Å². The topological polar surface area (TPSA) is 116 Å². The molecule has 2 aliphatic carbocycles. The summed E-state index contributed by atoms with van der Waals surface area (Å²) in [4.78, 5) is 59.4. The maximum absolute atomic E-state index is 15.2. The summed E-state index contributed by atoms with van der Waals surface area (Å²) >= 11 is 3.58. The lowest BCUT2D eigenvalue weighted by molar-refractivity contribution is -0.146. The zero-order valence-electron chi connectivity index (χ0n) is 27.5. The van der Waals surface area contributed by atoms with Gasteiger partial charge in [0.25, 0.3) is 11.8 Å². The third kappa shape index (κ3) is 4.55. The molecule has 4 aliphatic rings. The first-order valence-corrected chi connectivity index (χ1v) is 17.0. The number of aromatic hydroxyl groups is 1. The van der Waals surface area contributed by atoms with Crippen LogP contribution in [0, 0.1) is 30.6 Å². The van der Waals surface area contributed by atoms with Crippen molar-refractivity contribution < 1.29 is 29.0 Å². The fourth-order valence-electron chi connectivity index (χ4n) is 8.72. The molecular formula is C38H38BrN3O6. The van der Waals surface area contributed by atoms with Gasteiger partial charge < -0.3 is 9.84 Å². The minimum Gasteiger partial charge on any atom is -0.504 e. The average molecular weight is 713 g/mol. The number of imide groups is 2. The quantitative estimate of drug-likeness (QED) is 0.237. The van der Waals surface area contributed by atoms with Gasteiger partial charge in [0.1, 0.15) is 0 Å². The van der Waals surface area contributed by atoms with Crippen LogP contribution >= 0.6 is 15.9 Å². The lowest BCUT2D eigenvalue weighted by Crippen LogP contribution is -2.53. The summed E-state index contributed by atoms with van der Waals surface area (Å²) in [6.07, 6.45) is 2.46. The van der Waals surface area contributed by atoms with E-state index in [0.29, 0.717) is 27.7 Å². The number of nitrogens with zero attached hydrogens (tertiary/aromatic N) is 2. The van der Waals surface area contributed by atoms with Crippen LogP contribution in [-0.2, 0) is 24.6 Å². The minimum atomic E-state index is -1.50. The van der Waals surface area contributed by atoms with Crippen LogP contribution in [0.1, 0.15) is 56.2 Å². The van der Waals surface area contributed by atoms with Crippen molar-refractivity contribution in [3.05, 3.63) is 99.5 Å². The lowest BCUT2D eigenvalue weighted by atomic mass is 9.49. The Balaban J connectivity index is 1.49. The third-order valence-corrected chi connectivity index (χ3v) is 11.1. The highest BCUT2D eigenvalue weighted by Gasteiger charge is 2.71. The van der Waals surface area contributed by atoms with E-state index in [1.165, 1.54) is 12.0 Å². The molecule has 2 aliphatic heterocycles. The Morgan fingerprint density at radius 1 is 0.938 bits per heavy atom. The van der Waals surface area contributed by atoms with Gasteiger partial charge in [-0.15, -0.1) is 0 Å². The summed E-state index contributed by atoms with van der Waals surface area (Å²) in [5.74, 6) is -4.92. The van der Waals surface area contributed by atoms with Gasteiger partial charge in [0.15, 0.2) is 11.5 Å². The van der Waals surface area contributed by atoms with Gasteiger partial charge in [0.05, 0.1) is 36.0 Å². The zero-order chi connectivity index (χ0) is 34.3. The molecule has 2 saturated heterocycles. The van der Waals surface area contributed by atoms with Gasteiger partial charge >= 0.3 is 0 Å². The van der Waals surface area contributed by atoms with Crippen molar-refractivity contribution in [2.45, 2.75) is 57.4 Å². The Morgan fingerprint density at radius 2 is 1.62 bits per heavy atom. The Labute approximate surface area is 288 Å². The predicted octanol–water partition coefficient (Wildman–Crippen LogP) is 6.26. The number of benzene rings is 3. The molecule has 10 heteroatoms. The Kier molecular flexibility index (Phi) is 7.58. The standard InChI is InChI=1S/C38H38BrN3O6/c1-20-11-13-23(14-12-20)40-42-34(45)28-19-26-24(15-16-25-30(26)35(46)41(33(25)44)37(2,3)4)31(27-17-22(39)18-29(48-5)32(27)43)38(28,36(42)47)21-9-7-6-8-10-21/h6-15,17-18,25-26,28,30-31,40,43H,16,19H2,1-5H3/t25-,26+,28-,30-,31+,38+/m0/s1. The van der Waals surface area contributed by atoms with Crippen LogP contribution in [-0.4, -0.2) is 51.3 Å². The smallest absolute Gasteiger partial charge is 0.260 e. The monoisotopic (exact) mass is 711 g/mol. The van der Waals surface area contributed by atoms with Gasteiger partial charge in [-0.05, 0) is 76.3 Å². The number of carbonyl (C=O) groups excluding carboxylic acids is 4. The first-order chi connectivity index (χ1) is 22.8. The van der Waals surface area contributed by atoms with E-state index < -0.39 is 52.4 Å². The number of anilines is 1. The SMILES string of the molecule is COc1cc(Br)cc([C@H]2C3=CC[C@@H]4C(=O)N(C(C)(C)C)C(=O)[C@@H]4[C@@H]3C[C@H]3C(=O)N(Nc4ccc(C)cc4)C(=O)[C@@]23c2ccccc2)c1O. The molecule has 248 valence electrons. The third-order valence-electron chi connectivity index (χ3n) is 10.7. The number of aryl methyl sites for hydroxylation is 1. The van der Waals surface area contributed by atoms with Crippen LogP contribution in [0.4, 0.5) is 5.69 Å². The van der Waals surface area contributed by atoms with Crippen LogP contribution in [0.5, 0.6) is 11.5 Å². The maximum Gasteiger partial charge on any atom is 0.260 e. The first-order valence-electron chi connectivity index (χ1n) is 16.2. The van der Waals surface area contributed by atoms with Crippen molar-refractivity contribution in [3.63, 3.8) is 0 Å². The summed E-state index contributed by atoms with van der Waals surface area (Å²) in [7, 11) is 1.45. The van der Waals surface area contributed by atoms with Crippen molar-refractivity contribution in [1.82, 2.24) is 9.91 Å². The highest BCUT2D eigenvalue weighted by molar-refractivity contribution is 9.10. The van der Waals surface area contributed by atoms with Crippen molar-refractivity contribution in [2.75, 3.05) is 12.5 Å². The molecule has 7 rings (SSSR count). The van der Waals surface area contributed by atoms with Crippen LogP contribution in [0.3, 0.4) is 0 Å². The molecule has 0 bridgehead atoms. The van der Waals surface area contributed by atoms with E-state index in [1.807, 2.05) is 88.4 Å². The molecule has 0 aromatic heterocycles. The molecule has 9 nitrogen and oxygen atoms in total. The summed E-state index contributed by atoms with van der Waals surface area (Å²) in [6.45, 7) is 7.49. The number of likely N-dealkylation sites (tertiary alicyclic amines) is 1. The number of halogens is 1. The molecule has 48 heavy (non-hydrogen) atoms. The number of hydrogen-bond acceptors (Lipinski definition) is 7. The normalized spacial score (nSPS) is 28.2. The fourth-order valence-corrected chi connectivity index (χ4v) is 9.18. The van der Waals surface area contributed by atoms with Crippen LogP contribution in [0.15, 0.2) is 82.9 Å². The van der Waals surface area contributed by atoms with Crippen molar-refractivity contribution in [3.8, 4) is 11.5 Å². The van der Waals surface area contributed by atoms with E-state index in [0.717, 1.165) is 16.1 Å². The molecule has 1 saturated carbocycles. The van der Waals surface area contributed by atoms with Gasteiger partial charge in [-0.25, -0.2) is 0 Å². The number of carbonyl (C=O) groups is 4. The lowest BCUT2D eigenvalue weighted by Gasteiger charge is -2.50. The van der Waals surface area contributed by atoms with Gasteiger partial charge in [-0.1, -0.05) is 75.6 Å². The zero-order valence-corrected chi connectivity index (χ0v) is 29.1. The number of hydrazine groups is 1. The Morgan fingerprint density at radius 3 is 2.27 bits per heavy atom. The summed E-state index contributed by atoms with van der Waals surface area (Å²) in [6, 6.07) is 20.1. The predicted molar refractivity (Wildman–Crippen MR) is 183 cm³/mol. The van der Waals surface area contributed by atoms with E-state index >= 15 is 4.79 Å². The molecule has 6 atom stereocenters. The number of phenols is 1. The van der Waals surface area contributed by atoms with Crippen molar-refractivity contribution >= 4 is 45.2 Å². The van der Waals surface area contributed by atoms with Gasteiger partial charge in [-0.2, -0.15) is 5.01 Å². The van der Waals surface area contributed by atoms with Gasteiger partial charge in [0.2, 0.25) is 11.8 Å². The molecule has 3 fully saturated rings. The molecule has 0 unspecified atom stereocenters. The van der Waals surface area contributed by atoms with Gasteiger partial charge in [0, 0.05) is 21.5 Å². The average Bonchev–Trinajstić information content (AvgIpc) is 3.44. The number of ether oxygens (including phenoxy) is 1. The van der Waals surface area contributed by atoms with E-state index in [4.69, 9.17) is 4.74 Å². The number of rotatable bonds is 5. The highest BCUT2D eigenvalue weighted by Crippen LogP contribution is 2.65. The number of methoxy groups -OCH3 is 1. The number of fused-ring (bicyclic) bond motifs is 4. The Bertz CT molecular complexity index is 1880. The molecule has 0 radical (unpaired) electrons. The number of hydrogen-bond donors (Lipinski definition) is 2. The summed E-state index contributed by atoms with van der Waals surface area (Å²) < 4.78 is 6.19. The van der Waals surface area contributed by atoms with E-state index in [2.05, 4.69) is 21.4 Å². The molecule has 2 heterocycles. The van der Waals surface area contributed by atoms with Crippen LogP contribution in [0.25, 0.3) is 0 Å². The fraction of sp³-hybridized carbons (Fsp3) is 0.368. The summed E-state index contributed by atoms with van der Waals surface area (Å²) in [5, 5.41) is 12.9. The highest BCUT2D eigenvalue weighted by atomic mass is 79.9. The molecule has 3 aromatic rings. The second kappa shape index (κ2) is 11.3. The van der Waals surface area contributed by atoms with Crippen LogP contribution in [0.2, 0.25) is 0 Å². The number of nitrogens with one attached hydrogen (secondary N) is 1. The number of phenolic OH excluding ortho intramolecular Hbond substituents is 1. The minimum absolute atomic E-state index is 0.154. The second-order valence-corrected chi connectivity index (χ2v) is 15.2. The van der Waals surface area contributed by atoms with E-state index in [9.17, 15) is 19.5 Å². The molecule has 2 N–H and O–H groups in total. The molecule has 4 amide bonds. The van der Waals surface area contributed by atoms with E-state index in [1.54, 1.807) is 12.1 Å². The molecule has 3 aromatic carbocycles. The largest absolute Gasteiger partial charge is 0.504 e. The number of allylic oxidation sites excluding steroid dienone is 2. The number of amides is 4.